The summed E-state index contributed by atoms with van der Waals surface area (Å²) < 4.78 is 0.995. The molecule has 1 nitrogen and oxygen atoms in total. The summed E-state index contributed by atoms with van der Waals surface area (Å²) in [6.45, 7) is 6.73. The molecule has 0 N–H and O–H groups in total. The van der Waals surface area contributed by atoms with Crippen LogP contribution in [0, 0.1) is 13.8 Å². The van der Waals surface area contributed by atoms with E-state index >= 15 is 0 Å². The minimum absolute atomic E-state index is 0.186. The number of rotatable bonds is 2. The number of halogens is 1. The monoisotopic (exact) mass is 439 g/mol. The zero-order valence-corrected chi connectivity index (χ0v) is 18.4. The Hall–Kier alpha value is -2.71. The predicted octanol–water partition coefficient (Wildman–Crippen LogP) is 7.46. The normalized spacial score (nSPS) is 17.1. The van der Waals surface area contributed by atoms with Crippen LogP contribution in [0.1, 0.15) is 34.7 Å². The fraction of sp³-hybridized carbons (Fsp3) is 0.148. The SMILES string of the molecule is Cc1cc(C)cc(C2(C)c3ccccc3-c3ccc(-c4ccc(Br)cn4)cc32)c1. The van der Waals surface area contributed by atoms with Crippen molar-refractivity contribution in [3.05, 3.63) is 111 Å². The summed E-state index contributed by atoms with van der Waals surface area (Å²) in [4.78, 5) is 4.63. The molecule has 1 aliphatic carbocycles. The number of pyridine rings is 1. The molecule has 1 aliphatic rings. The maximum atomic E-state index is 4.63. The third-order valence-corrected chi connectivity index (χ3v) is 6.61. The van der Waals surface area contributed by atoms with E-state index < -0.39 is 0 Å². The molecule has 0 amide bonds. The molecule has 142 valence electrons. The molecular formula is C27H22BrN. The fourth-order valence-corrected chi connectivity index (χ4v) is 5.01. The van der Waals surface area contributed by atoms with Gasteiger partial charge in [-0.2, -0.15) is 0 Å². The molecule has 1 atom stereocenters. The van der Waals surface area contributed by atoms with Crippen molar-refractivity contribution in [1.82, 2.24) is 4.98 Å². The average Bonchev–Trinajstić information content (AvgIpc) is 2.98. The fourth-order valence-electron chi connectivity index (χ4n) is 4.77. The maximum absolute atomic E-state index is 4.63. The molecule has 0 aliphatic heterocycles. The van der Waals surface area contributed by atoms with Gasteiger partial charge in [0.05, 0.1) is 5.69 Å². The average molecular weight is 440 g/mol. The van der Waals surface area contributed by atoms with E-state index in [1.165, 1.54) is 38.9 Å². The third kappa shape index (κ3) is 2.86. The molecule has 1 heterocycles. The molecule has 0 spiro atoms. The first-order chi connectivity index (χ1) is 14.0. The van der Waals surface area contributed by atoms with Gasteiger partial charge in [-0.15, -0.1) is 0 Å². The highest BCUT2D eigenvalue weighted by Crippen LogP contribution is 2.53. The zero-order chi connectivity index (χ0) is 20.2. The standard InChI is InChI=1S/C27H22BrN/c1-17-12-18(2)14-20(13-17)27(3)24-7-5-4-6-22(24)23-10-8-19(15-25(23)27)26-11-9-21(28)16-29-26/h4-16H,1-3H3. The highest BCUT2D eigenvalue weighted by atomic mass is 79.9. The second-order valence-electron chi connectivity index (χ2n) is 8.17. The van der Waals surface area contributed by atoms with Crippen LogP contribution in [0.25, 0.3) is 22.4 Å². The van der Waals surface area contributed by atoms with Gasteiger partial charge in [-0.1, -0.05) is 65.7 Å². The van der Waals surface area contributed by atoms with Crippen LogP contribution in [0.5, 0.6) is 0 Å². The number of hydrogen-bond acceptors (Lipinski definition) is 1. The Kier molecular flexibility index (Phi) is 4.22. The van der Waals surface area contributed by atoms with Crippen LogP contribution in [0.3, 0.4) is 0 Å². The van der Waals surface area contributed by atoms with E-state index in [1.54, 1.807) is 0 Å². The van der Waals surface area contributed by atoms with E-state index in [1.807, 2.05) is 12.3 Å². The van der Waals surface area contributed by atoms with Crippen molar-refractivity contribution in [2.24, 2.45) is 0 Å². The van der Waals surface area contributed by atoms with Crippen molar-refractivity contribution in [2.45, 2.75) is 26.2 Å². The molecule has 4 aromatic rings. The maximum Gasteiger partial charge on any atom is 0.0702 e. The van der Waals surface area contributed by atoms with Gasteiger partial charge < -0.3 is 0 Å². The molecule has 0 fully saturated rings. The van der Waals surface area contributed by atoms with Crippen LogP contribution in [-0.2, 0) is 5.41 Å². The van der Waals surface area contributed by atoms with Gasteiger partial charge in [-0.3, -0.25) is 4.98 Å². The molecule has 2 heteroatoms. The summed E-state index contributed by atoms with van der Waals surface area (Å²) in [5, 5.41) is 0. The zero-order valence-electron chi connectivity index (χ0n) is 16.8. The molecule has 0 radical (unpaired) electrons. The Bertz CT molecular complexity index is 1220. The molecule has 0 saturated carbocycles. The first-order valence-corrected chi connectivity index (χ1v) is 10.7. The van der Waals surface area contributed by atoms with E-state index in [9.17, 15) is 0 Å². The van der Waals surface area contributed by atoms with Gasteiger partial charge in [0.1, 0.15) is 0 Å². The van der Waals surface area contributed by atoms with Crippen molar-refractivity contribution in [2.75, 3.05) is 0 Å². The van der Waals surface area contributed by atoms with Gasteiger partial charge in [-0.25, -0.2) is 0 Å². The van der Waals surface area contributed by atoms with Crippen molar-refractivity contribution < 1.29 is 0 Å². The highest BCUT2D eigenvalue weighted by molar-refractivity contribution is 9.10. The van der Waals surface area contributed by atoms with Crippen LogP contribution in [-0.4, -0.2) is 4.98 Å². The summed E-state index contributed by atoms with van der Waals surface area (Å²) >= 11 is 3.49. The molecular weight excluding hydrogens is 418 g/mol. The Morgan fingerprint density at radius 1 is 0.759 bits per heavy atom. The molecule has 1 unspecified atom stereocenters. The van der Waals surface area contributed by atoms with Crippen LogP contribution >= 0.6 is 15.9 Å². The Morgan fingerprint density at radius 2 is 1.48 bits per heavy atom. The molecule has 3 aromatic carbocycles. The van der Waals surface area contributed by atoms with Gasteiger partial charge >= 0.3 is 0 Å². The molecule has 5 rings (SSSR count). The van der Waals surface area contributed by atoms with E-state index in [2.05, 4.69) is 108 Å². The first kappa shape index (κ1) is 18.3. The van der Waals surface area contributed by atoms with E-state index in [0.717, 1.165) is 15.7 Å². The van der Waals surface area contributed by atoms with Gasteiger partial charge in [0.25, 0.3) is 0 Å². The minimum Gasteiger partial charge on any atom is -0.255 e. The van der Waals surface area contributed by atoms with Crippen LogP contribution in [0.4, 0.5) is 0 Å². The smallest absolute Gasteiger partial charge is 0.0702 e. The molecule has 1 aromatic heterocycles. The van der Waals surface area contributed by atoms with E-state index in [4.69, 9.17) is 0 Å². The summed E-state index contributed by atoms with van der Waals surface area (Å²) in [6, 6.07) is 26.7. The molecule has 0 bridgehead atoms. The van der Waals surface area contributed by atoms with Crippen LogP contribution in [0.15, 0.2) is 83.5 Å². The van der Waals surface area contributed by atoms with Gasteiger partial charge in [0.2, 0.25) is 0 Å². The van der Waals surface area contributed by atoms with Gasteiger partial charge in [0.15, 0.2) is 0 Å². The number of fused-ring (bicyclic) bond motifs is 3. The van der Waals surface area contributed by atoms with Crippen molar-refractivity contribution in [1.29, 1.82) is 0 Å². The quantitative estimate of drug-likeness (QED) is 0.315. The molecule has 29 heavy (non-hydrogen) atoms. The van der Waals surface area contributed by atoms with Crippen molar-refractivity contribution >= 4 is 15.9 Å². The Morgan fingerprint density at radius 3 is 2.21 bits per heavy atom. The number of aromatic nitrogens is 1. The summed E-state index contributed by atoms with van der Waals surface area (Å²) in [6.07, 6.45) is 1.86. The lowest BCUT2D eigenvalue weighted by Gasteiger charge is -2.29. The second-order valence-corrected chi connectivity index (χ2v) is 9.08. The summed E-state index contributed by atoms with van der Waals surface area (Å²) in [5.74, 6) is 0. The predicted molar refractivity (Wildman–Crippen MR) is 124 cm³/mol. The topological polar surface area (TPSA) is 12.9 Å². The largest absolute Gasteiger partial charge is 0.255 e. The minimum atomic E-state index is -0.186. The lowest BCUT2D eigenvalue weighted by Crippen LogP contribution is -2.22. The second kappa shape index (κ2) is 6.67. The summed E-state index contributed by atoms with van der Waals surface area (Å²) in [5.41, 5.74) is 11.3. The van der Waals surface area contributed by atoms with Crippen molar-refractivity contribution in [3.8, 4) is 22.4 Å². The first-order valence-electron chi connectivity index (χ1n) is 9.92. The van der Waals surface area contributed by atoms with E-state index in [0.29, 0.717) is 0 Å². The Balaban J connectivity index is 1.78. The number of aryl methyl sites for hydroxylation is 2. The lowest BCUT2D eigenvalue weighted by atomic mass is 9.73. The third-order valence-electron chi connectivity index (χ3n) is 6.14. The number of nitrogens with zero attached hydrogens (tertiary/aromatic N) is 1. The summed E-state index contributed by atoms with van der Waals surface area (Å²) in [7, 11) is 0. The Labute approximate surface area is 180 Å². The van der Waals surface area contributed by atoms with Crippen LogP contribution in [0.2, 0.25) is 0 Å². The van der Waals surface area contributed by atoms with Crippen molar-refractivity contribution in [3.63, 3.8) is 0 Å². The number of benzene rings is 3. The molecule has 0 saturated heterocycles. The van der Waals surface area contributed by atoms with Crippen LogP contribution < -0.4 is 0 Å². The number of hydrogen-bond donors (Lipinski definition) is 0. The van der Waals surface area contributed by atoms with Gasteiger partial charge in [0, 0.05) is 21.6 Å². The van der Waals surface area contributed by atoms with Gasteiger partial charge in [-0.05, 0) is 82.7 Å². The van der Waals surface area contributed by atoms with E-state index in [-0.39, 0.29) is 5.41 Å². The highest BCUT2D eigenvalue weighted by Gasteiger charge is 2.40. The lowest BCUT2D eigenvalue weighted by molar-refractivity contribution is 0.712.